The van der Waals surface area contributed by atoms with E-state index in [0.717, 1.165) is 12.8 Å². The minimum atomic E-state index is 0.152. The molecule has 0 heterocycles. The molecule has 110 valence electrons. The zero-order valence-corrected chi connectivity index (χ0v) is 13.3. The quantitative estimate of drug-likeness (QED) is 0.891. The summed E-state index contributed by atoms with van der Waals surface area (Å²) in [6, 6.07) is 19.8. The highest BCUT2D eigenvalue weighted by Crippen LogP contribution is 2.42. The number of rotatable bonds is 3. The van der Waals surface area contributed by atoms with E-state index in [0.29, 0.717) is 0 Å². The van der Waals surface area contributed by atoms with Crippen LogP contribution in [0.15, 0.2) is 54.6 Å². The molecule has 1 atom stereocenters. The lowest BCUT2D eigenvalue weighted by atomic mass is 9.63. The first-order valence-corrected chi connectivity index (χ1v) is 7.86. The SMILES string of the molecule is CNC1(Cc2ccccc2)Cc2ccccc2C(C)(C)C1. The maximum atomic E-state index is 3.66. The predicted molar refractivity (Wildman–Crippen MR) is 89.7 cm³/mol. The van der Waals surface area contributed by atoms with E-state index in [1.807, 2.05) is 0 Å². The highest BCUT2D eigenvalue weighted by Gasteiger charge is 2.41. The Balaban J connectivity index is 1.98. The van der Waals surface area contributed by atoms with E-state index < -0.39 is 0 Å². The van der Waals surface area contributed by atoms with Gasteiger partial charge >= 0.3 is 0 Å². The normalized spacial score (nSPS) is 23.6. The van der Waals surface area contributed by atoms with Gasteiger partial charge in [0.15, 0.2) is 0 Å². The molecule has 2 aromatic rings. The summed E-state index contributed by atoms with van der Waals surface area (Å²) in [5.41, 5.74) is 4.80. The number of hydrogen-bond donors (Lipinski definition) is 1. The Morgan fingerprint density at radius 1 is 0.952 bits per heavy atom. The smallest absolute Gasteiger partial charge is 0.0267 e. The first kappa shape index (κ1) is 14.3. The molecule has 0 spiro atoms. The third-order valence-corrected chi connectivity index (χ3v) is 4.97. The van der Waals surface area contributed by atoms with Crippen LogP contribution in [0.25, 0.3) is 0 Å². The zero-order valence-electron chi connectivity index (χ0n) is 13.3. The minimum Gasteiger partial charge on any atom is -0.314 e. The van der Waals surface area contributed by atoms with Crippen molar-refractivity contribution < 1.29 is 0 Å². The second-order valence-electron chi connectivity index (χ2n) is 7.09. The summed E-state index contributed by atoms with van der Waals surface area (Å²) in [5, 5.41) is 3.66. The molecular weight excluding hydrogens is 254 g/mol. The molecule has 1 nitrogen and oxygen atoms in total. The van der Waals surface area contributed by atoms with Crippen LogP contribution in [0, 0.1) is 0 Å². The first-order valence-electron chi connectivity index (χ1n) is 7.86. The van der Waals surface area contributed by atoms with Crippen LogP contribution in [0.2, 0.25) is 0 Å². The van der Waals surface area contributed by atoms with E-state index in [4.69, 9.17) is 0 Å². The molecule has 0 saturated carbocycles. The molecule has 1 unspecified atom stereocenters. The number of benzene rings is 2. The summed E-state index contributed by atoms with van der Waals surface area (Å²) < 4.78 is 0. The fourth-order valence-corrected chi connectivity index (χ4v) is 4.08. The monoisotopic (exact) mass is 279 g/mol. The van der Waals surface area contributed by atoms with Gasteiger partial charge in [-0.1, -0.05) is 68.4 Å². The van der Waals surface area contributed by atoms with Crippen molar-refractivity contribution in [2.75, 3.05) is 7.05 Å². The molecule has 1 heteroatoms. The molecule has 0 aromatic heterocycles. The molecule has 1 aliphatic rings. The molecule has 0 amide bonds. The Bertz CT molecular complexity index is 615. The van der Waals surface area contributed by atoms with Gasteiger partial charge in [0.05, 0.1) is 0 Å². The second kappa shape index (κ2) is 5.31. The molecule has 1 aliphatic carbocycles. The van der Waals surface area contributed by atoms with Crippen LogP contribution < -0.4 is 5.32 Å². The van der Waals surface area contributed by atoms with Gasteiger partial charge in [-0.05, 0) is 48.4 Å². The lowest BCUT2D eigenvalue weighted by Crippen LogP contribution is -2.53. The summed E-state index contributed by atoms with van der Waals surface area (Å²) in [4.78, 5) is 0. The van der Waals surface area contributed by atoms with Crippen molar-refractivity contribution in [3.05, 3.63) is 71.3 Å². The van der Waals surface area contributed by atoms with Crippen molar-refractivity contribution in [1.82, 2.24) is 5.32 Å². The van der Waals surface area contributed by atoms with Gasteiger partial charge < -0.3 is 5.32 Å². The van der Waals surface area contributed by atoms with Crippen molar-refractivity contribution >= 4 is 0 Å². The Hall–Kier alpha value is -1.60. The van der Waals surface area contributed by atoms with Gasteiger partial charge in [-0.25, -0.2) is 0 Å². The van der Waals surface area contributed by atoms with E-state index in [-0.39, 0.29) is 11.0 Å². The summed E-state index contributed by atoms with van der Waals surface area (Å²) in [6.07, 6.45) is 3.36. The van der Waals surface area contributed by atoms with Gasteiger partial charge in [0, 0.05) is 5.54 Å². The van der Waals surface area contributed by atoms with Gasteiger partial charge in [-0.2, -0.15) is 0 Å². The Kier molecular flexibility index (Phi) is 3.62. The molecule has 1 N–H and O–H groups in total. The van der Waals surface area contributed by atoms with Crippen molar-refractivity contribution in [3.8, 4) is 0 Å². The van der Waals surface area contributed by atoms with Crippen LogP contribution >= 0.6 is 0 Å². The number of nitrogens with one attached hydrogen (secondary N) is 1. The molecule has 0 aliphatic heterocycles. The number of fused-ring (bicyclic) bond motifs is 1. The summed E-state index contributed by atoms with van der Waals surface area (Å²) in [7, 11) is 2.12. The number of likely N-dealkylation sites (N-methyl/N-ethyl adjacent to an activating group) is 1. The molecule has 0 saturated heterocycles. The Morgan fingerprint density at radius 2 is 1.62 bits per heavy atom. The van der Waals surface area contributed by atoms with Crippen LogP contribution in [0.1, 0.15) is 37.0 Å². The van der Waals surface area contributed by atoms with Gasteiger partial charge in [-0.15, -0.1) is 0 Å². The highest BCUT2D eigenvalue weighted by molar-refractivity contribution is 5.39. The summed E-state index contributed by atoms with van der Waals surface area (Å²) in [6.45, 7) is 4.75. The lowest BCUT2D eigenvalue weighted by molar-refractivity contribution is 0.233. The molecular formula is C20H25N. The molecule has 0 fully saturated rings. The van der Waals surface area contributed by atoms with Gasteiger partial charge in [0.2, 0.25) is 0 Å². The van der Waals surface area contributed by atoms with Crippen molar-refractivity contribution in [2.24, 2.45) is 0 Å². The maximum Gasteiger partial charge on any atom is 0.0267 e. The van der Waals surface area contributed by atoms with Gasteiger partial charge in [0.25, 0.3) is 0 Å². The maximum absolute atomic E-state index is 3.66. The Morgan fingerprint density at radius 3 is 2.33 bits per heavy atom. The Labute approximate surface area is 128 Å². The van der Waals surface area contributed by atoms with E-state index in [1.54, 1.807) is 0 Å². The first-order chi connectivity index (χ1) is 10.0. The fraction of sp³-hybridized carbons (Fsp3) is 0.400. The van der Waals surface area contributed by atoms with Crippen LogP contribution in [0.4, 0.5) is 0 Å². The third-order valence-electron chi connectivity index (χ3n) is 4.97. The average Bonchev–Trinajstić information content (AvgIpc) is 2.47. The predicted octanol–water partition coefficient (Wildman–Crippen LogP) is 4.11. The summed E-state index contributed by atoms with van der Waals surface area (Å²) >= 11 is 0. The van der Waals surface area contributed by atoms with Crippen LogP contribution in [-0.2, 0) is 18.3 Å². The van der Waals surface area contributed by atoms with E-state index >= 15 is 0 Å². The minimum absolute atomic E-state index is 0.152. The van der Waals surface area contributed by atoms with E-state index in [2.05, 4.69) is 80.8 Å². The van der Waals surface area contributed by atoms with Crippen molar-refractivity contribution in [2.45, 2.75) is 44.1 Å². The molecule has 0 radical (unpaired) electrons. The van der Waals surface area contributed by atoms with Gasteiger partial charge in [0.1, 0.15) is 0 Å². The highest BCUT2D eigenvalue weighted by atomic mass is 14.9. The largest absolute Gasteiger partial charge is 0.314 e. The van der Waals surface area contributed by atoms with Crippen LogP contribution in [0.5, 0.6) is 0 Å². The number of hydrogen-bond acceptors (Lipinski definition) is 1. The van der Waals surface area contributed by atoms with Gasteiger partial charge in [-0.3, -0.25) is 0 Å². The molecule has 0 bridgehead atoms. The van der Waals surface area contributed by atoms with Crippen molar-refractivity contribution in [3.63, 3.8) is 0 Å². The fourth-order valence-electron chi connectivity index (χ4n) is 4.08. The second-order valence-corrected chi connectivity index (χ2v) is 7.09. The van der Waals surface area contributed by atoms with Crippen LogP contribution in [-0.4, -0.2) is 12.6 Å². The third kappa shape index (κ3) is 2.75. The molecule has 21 heavy (non-hydrogen) atoms. The van der Waals surface area contributed by atoms with E-state index in [9.17, 15) is 0 Å². The van der Waals surface area contributed by atoms with E-state index in [1.165, 1.54) is 23.1 Å². The lowest BCUT2D eigenvalue weighted by Gasteiger charge is -2.46. The van der Waals surface area contributed by atoms with Crippen LogP contribution in [0.3, 0.4) is 0 Å². The topological polar surface area (TPSA) is 12.0 Å². The average molecular weight is 279 g/mol. The molecule has 2 aromatic carbocycles. The summed E-state index contributed by atoms with van der Waals surface area (Å²) in [5.74, 6) is 0. The molecule has 3 rings (SSSR count). The zero-order chi connectivity index (χ0) is 14.9. The van der Waals surface area contributed by atoms with Crippen molar-refractivity contribution in [1.29, 1.82) is 0 Å². The standard InChI is InChI=1S/C20H25N/c1-19(2)15-20(21-3,13-16-9-5-4-6-10-16)14-17-11-7-8-12-18(17)19/h4-12,21H,13-15H2,1-3H3.